The summed E-state index contributed by atoms with van der Waals surface area (Å²) in [7, 11) is 0. The highest BCUT2D eigenvalue weighted by Gasteiger charge is 2.48. The first-order valence-corrected chi connectivity index (χ1v) is 12.1. The molecule has 3 aliphatic rings. The van der Waals surface area contributed by atoms with Gasteiger partial charge in [-0.3, -0.25) is 0 Å². The Labute approximate surface area is 186 Å². The average Bonchev–Trinajstić information content (AvgIpc) is 3.20. The maximum Gasteiger partial charge on any atom is 0.130 e. The Morgan fingerprint density at radius 3 is 2.55 bits per heavy atom. The lowest BCUT2D eigenvalue weighted by atomic mass is 9.83. The van der Waals surface area contributed by atoms with Crippen molar-refractivity contribution in [3.63, 3.8) is 0 Å². The molecule has 4 nitrogen and oxygen atoms in total. The molecular formula is C26H35FN4. The molecule has 3 aliphatic heterocycles. The van der Waals surface area contributed by atoms with Crippen LogP contribution in [0.25, 0.3) is 0 Å². The summed E-state index contributed by atoms with van der Waals surface area (Å²) >= 11 is 0. The summed E-state index contributed by atoms with van der Waals surface area (Å²) in [6.45, 7) is 9.00. The standard InChI is InChI=1S/C26H35FN4/c1-19(2)23-18-31(25-17-21(11-12-28-25)29-13-4-3-5-14-29)24-10-7-15-30(26(23)24)22-9-6-8-20(27)16-22/h6,8-9,11-12,16-17,19,23-24,26H,3-5,7,10,13-15,18H2,1-2H3/t23?,24-,26?/m1/s1. The van der Waals surface area contributed by atoms with Crippen LogP contribution in [0.2, 0.25) is 0 Å². The number of piperidine rings is 2. The normalized spacial score (nSPS) is 26.5. The van der Waals surface area contributed by atoms with Crippen LogP contribution >= 0.6 is 0 Å². The first-order chi connectivity index (χ1) is 15.1. The van der Waals surface area contributed by atoms with Crippen LogP contribution in [0.5, 0.6) is 0 Å². The minimum Gasteiger partial charge on any atom is -0.371 e. The average molecular weight is 423 g/mol. The molecule has 0 saturated carbocycles. The van der Waals surface area contributed by atoms with E-state index in [1.165, 1.54) is 31.4 Å². The lowest BCUT2D eigenvalue weighted by molar-refractivity contribution is 0.315. The Morgan fingerprint density at radius 1 is 0.935 bits per heavy atom. The third kappa shape index (κ3) is 3.99. The van der Waals surface area contributed by atoms with Gasteiger partial charge in [0.15, 0.2) is 0 Å². The van der Waals surface area contributed by atoms with Crippen molar-refractivity contribution in [2.24, 2.45) is 11.8 Å². The second-order valence-electron chi connectivity index (χ2n) is 9.85. The smallest absolute Gasteiger partial charge is 0.130 e. The molecule has 0 radical (unpaired) electrons. The molecule has 2 aromatic rings. The van der Waals surface area contributed by atoms with Crippen molar-refractivity contribution < 1.29 is 4.39 Å². The summed E-state index contributed by atoms with van der Waals surface area (Å²) in [5.74, 6) is 2.07. The maximum absolute atomic E-state index is 14.0. The molecule has 1 aromatic heterocycles. The Balaban J connectivity index is 1.46. The Kier molecular flexibility index (Phi) is 5.77. The fourth-order valence-electron chi connectivity index (χ4n) is 6.06. The molecule has 3 atom stereocenters. The van der Waals surface area contributed by atoms with Crippen LogP contribution in [0, 0.1) is 17.7 Å². The molecule has 2 unspecified atom stereocenters. The molecule has 3 fully saturated rings. The minimum atomic E-state index is -0.147. The number of hydrogen-bond acceptors (Lipinski definition) is 4. The number of aromatic nitrogens is 1. The van der Waals surface area contributed by atoms with E-state index in [0.717, 1.165) is 44.1 Å². The van der Waals surface area contributed by atoms with Crippen LogP contribution < -0.4 is 14.7 Å². The van der Waals surface area contributed by atoms with Crippen molar-refractivity contribution >= 4 is 17.2 Å². The van der Waals surface area contributed by atoms with Crippen molar-refractivity contribution in [1.29, 1.82) is 0 Å². The van der Waals surface area contributed by atoms with Crippen LogP contribution in [-0.4, -0.2) is 43.2 Å². The van der Waals surface area contributed by atoms with Crippen molar-refractivity contribution in [1.82, 2.24) is 4.98 Å². The van der Waals surface area contributed by atoms with Gasteiger partial charge in [0.25, 0.3) is 0 Å². The molecule has 4 heterocycles. The van der Waals surface area contributed by atoms with Crippen molar-refractivity contribution in [3.05, 3.63) is 48.4 Å². The van der Waals surface area contributed by atoms with Gasteiger partial charge in [-0.15, -0.1) is 0 Å². The van der Waals surface area contributed by atoms with Crippen LogP contribution in [0.1, 0.15) is 46.0 Å². The van der Waals surface area contributed by atoms with Gasteiger partial charge in [0.1, 0.15) is 11.6 Å². The number of rotatable bonds is 4. The van der Waals surface area contributed by atoms with Crippen LogP contribution in [0.15, 0.2) is 42.6 Å². The van der Waals surface area contributed by atoms with E-state index in [9.17, 15) is 4.39 Å². The van der Waals surface area contributed by atoms with E-state index in [4.69, 9.17) is 4.98 Å². The summed E-state index contributed by atoms with van der Waals surface area (Å²) in [5.41, 5.74) is 2.34. The molecular weight excluding hydrogens is 387 g/mol. The maximum atomic E-state index is 14.0. The summed E-state index contributed by atoms with van der Waals surface area (Å²) < 4.78 is 14.0. The Hall–Kier alpha value is -2.30. The highest BCUT2D eigenvalue weighted by atomic mass is 19.1. The molecule has 0 amide bonds. The second-order valence-corrected chi connectivity index (χ2v) is 9.85. The number of benzene rings is 1. The van der Waals surface area contributed by atoms with Gasteiger partial charge in [-0.25, -0.2) is 9.37 Å². The zero-order chi connectivity index (χ0) is 21.4. The lowest BCUT2D eigenvalue weighted by Gasteiger charge is -2.44. The van der Waals surface area contributed by atoms with Gasteiger partial charge in [0.2, 0.25) is 0 Å². The third-order valence-corrected chi connectivity index (χ3v) is 7.64. The molecule has 5 heteroatoms. The van der Waals surface area contributed by atoms with Crippen LogP contribution in [0.4, 0.5) is 21.6 Å². The third-order valence-electron chi connectivity index (χ3n) is 7.64. The first kappa shape index (κ1) is 20.6. The molecule has 0 spiro atoms. The van der Waals surface area contributed by atoms with E-state index in [-0.39, 0.29) is 5.82 Å². The Morgan fingerprint density at radius 2 is 1.77 bits per heavy atom. The predicted molar refractivity (Wildman–Crippen MR) is 127 cm³/mol. The van der Waals surface area contributed by atoms with E-state index in [1.54, 1.807) is 12.1 Å². The van der Waals surface area contributed by atoms with E-state index in [2.05, 4.69) is 46.7 Å². The van der Waals surface area contributed by atoms with Gasteiger partial charge in [-0.05, 0) is 62.3 Å². The molecule has 0 bridgehead atoms. The van der Waals surface area contributed by atoms with E-state index >= 15 is 0 Å². The van der Waals surface area contributed by atoms with Gasteiger partial charge < -0.3 is 14.7 Å². The summed E-state index contributed by atoms with van der Waals surface area (Å²) in [6.07, 6.45) is 8.20. The predicted octanol–water partition coefficient (Wildman–Crippen LogP) is 5.34. The summed E-state index contributed by atoms with van der Waals surface area (Å²) in [4.78, 5) is 12.4. The van der Waals surface area contributed by atoms with Gasteiger partial charge in [0, 0.05) is 55.7 Å². The molecule has 5 rings (SSSR count). The molecule has 0 N–H and O–H groups in total. The number of halogens is 1. The van der Waals surface area contributed by atoms with Crippen molar-refractivity contribution in [3.8, 4) is 0 Å². The zero-order valence-electron chi connectivity index (χ0n) is 18.9. The first-order valence-electron chi connectivity index (χ1n) is 12.1. The molecule has 1 aromatic carbocycles. The number of pyridine rings is 1. The van der Waals surface area contributed by atoms with Gasteiger partial charge in [-0.1, -0.05) is 19.9 Å². The quantitative estimate of drug-likeness (QED) is 0.663. The van der Waals surface area contributed by atoms with Crippen LogP contribution in [-0.2, 0) is 0 Å². The molecule has 3 saturated heterocycles. The van der Waals surface area contributed by atoms with Crippen molar-refractivity contribution in [2.75, 3.05) is 40.9 Å². The van der Waals surface area contributed by atoms with Gasteiger partial charge in [-0.2, -0.15) is 0 Å². The van der Waals surface area contributed by atoms with E-state index < -0.39 is 0 Å². The fraction of sp³-hybridized carbons (Fsp3) is 0.577. The Bertz CT molecular complexity index is 894. The minimum absolute atomic E-state index is 0.147. The second kappa shape index (κ2) is 8.68. The summed E-state index contributed by atoms with van der Waals surface area (Å²) in [6, 6.07) is 12.5. The van der Waals surface area contributed by atoms with Gasteiger partial charge in [0.05, 0.1) is 12.1 Å². The largest absolute Gasteiger partial charge is 0.371 e. The number of nitrogens with zero attached hydrogens (tertiary/aromatic N) is 4. The van der Waals surface area contributed by atoms with E-state index in [1.807, 2.05) is 12.3 Å². The number of anilines is 3. The lowest BCUT2D eigenvalue weighted by Crippen LogP contribution is -2.52. The fourth-order valence-corrected chi connectivity index (χ4v) is 6.06. The molecule has 31 heavy (non-hydrogen) atoms. The highest BCUT2D eigenvalue weighted by molar-refractivity contribution is 5.58. The SMILES string of the molecule is CC(C)C1CN(c2cc(N3CCCCC3)ccn2)[C@@H]2CCCN(c3cccc(F)c3)C12. The zero-order valence-corrected chi connectivity index (χ0v) is 18.9. The highest BCUT2D eigenvalue weighted by Crippen LogP contribution is 2.42. The molecule has 166 valence electrons. The number of fused-ring (bicyclic) bond motifs is 1. The van der Waals surface area contributed by atoms with Crippen LogP contribution in [0.3, 0.4) is 0 Å². The summed E-state index contributed by atoms with van der Waals surface area (Å²) in [5, 5.41) is 0. The van der Waals surface area contributed by atoms with E-state index in [0.29, 0.717) is 23.9 Å². The number of hydrogen-bond donors (Lipinski definition) is 0. The monoisotopic (exact) mass is 422 g/mol. The van der Waals surface area contributed by atoms with Crippen molar-refractivity contribution in [2.45, 2.75) is 58.0 Å². The molecule has 0 aliphatic carbocycles. The van der Waals surface area contributed by atoms with Gasteiger partial charge >= 0.3 is 0 Å². The topological polar surface area (TPSA) is 22.6 Å².